The molecule has 0 bridgehead atoms. The Morgan fingerprint density at radius 2 is 2.41 bits per heavy atom. The molecule has 1 aliphatic heterocycles. The number of nitrogens with zero attached hydrogens (tertiary/aromatic N) is 3. The zero-order valence-electron chi connectivity index (χ0n) is 9.13. The Bertz CT molecular complexity index is 422. The smallest absolute Gasteiger partial charge is 0.352 e. The van der Waals surface area contributed by atoms with Crippen LogP contribution in [0.2, 0.25) is 0 Å². The summed E-state index contributed by atoms with van der Waals surface area (Å²) in [5.74, 6) is 2.19. The molecule has 7 nitrogen and oxygen atoms in total. The monoisotopic (exact) mass is 255 g/mol. The van der Waals surface area contributed by atoms with Gasteiger partial charge in [0, 0.05) is 11.8 Å². The highest BCUT2D eigenvalue weighted by Crippen LogP contribution is 2.28. The standard InChI is InChI=1S/C9H13N5O2S/c10-8-7(14(15)16)9(12-5-11-8)13-6-2-1-3-17-4-6/h5-6H,1-4H2,(H3,10,11,12,13). The predicted molar refractivity (Wildman–Crippen MR) is 67.1 cm³/mol. The fourth-order valence-electron chi connectivity index (χ4n) is 1.73. The number of thioether (sulfide) groups is 1. The zero-order valence-corrected chi connectivity index (χ0v) is 9.94. The van der Waals surface area contributed by atoms with Gasteiger partial charge in [-0.15, -0.1) is 0 Å². The molecule has 2 heterocycles. The Morgan fingerprint density at radius 1 is 1.59 bits per heavy atom. The van der Waals surface area contributed by atoms with E-state index in [9.17, 15) is 10.1 Å². The van der Waals surface area contributed by atoms with Crippen LogP contribution in [0, 0.1) is 10.1 Å². The van der Waals surface area contributed by atoms with Crippen molar-refractivity contribution in [3.63, 3.8) is 0 Å². The molecular weight excluding hydrogens is 242 g/mol. The zero-order chi connectivity index (χ0) is 12.3. The van der Waals surface area contributed by atoms with Gasteiger partial charge in [-0.1, -0.05) is 0 Å². The topological polar surface area (TPSA) is 107 Å². The summed E-state index contributed by atoms with van der Waals surface area (Å²) in [5.41, 5.74) is 5.26. The van der Waals surface area contributed by atoms with Gasteiger partial charge in [0.15, 0.2) is 0 Å². The van der Waals surface area contributed by atoms with Crippen molar-refractivity contribution >= 4 is 29.1 Å². The molecule has 1 saturated heterocycles. The van der Waals surface area contributed by atoms with Gasteiger partial charge in [0.05, 0.1) is 4.92 Å². The van der Waals surface area contributed by atoms with Crippen molar-refractivity contribution in [2.24, 2.45) is 0 Å². The van der Waals surface area contributed by atoms with Crippen molar-refractivity contribution in [2.75, 3.05) is 22.6 Å². The summed E-state index contributed by atoms with van der Waals surface area (Å²) in [6.07, 6.45) is 3.34. The highest BCUT2D eigenvalue weighted by atomic mass is 32.2. The number of anilines is 2. The molecule has 0 aliphatic carbocycles. The van der Waals surface area contributed by atoms with Crippen LogP contribution in [0.3, 0.4) is 0 Å². The molecule has 1 aromatic rings. The molecule has 1 unspecified atom stereocenters. The Hall–Kier alpha value is -1.57. The van der Waals surface area contributed by atoms with E-state index in [-0.39, 0.29) is 23.4 Å². The maximum Gasteiger partial charge on any atom is 0.352 e. The largest absolute Gasteiger partial charge is 0.378 e. The number of rotatable bonds is 3. The van der Waals surface area contributed by atoms with Crippen LogP contribution in [0.5, 0.6) is 0 Å². The van der Waals surface area contributed by atoms with Crippen LogP contribution in [0.1, 0.15) is 12.8 Å². The van der Waals surface area contributed by atoms with Crippen molar-refractivity contribution in [1.29, 1.82) is 0 Å². The molecule has 8 heteroatoms. The maximum absolute atomic E-state index is 10.9. The Balaban J connectivity index is 2.19. The molecule has 3 N–H and O–H groups in total. The normalized spacial score (nSPS) is 19.9. The van der Waals surface area contributed by atoms with Crippen molar-refractivity contribution in [3.8, 4) is 0 Å². The van der Waals surface area contributed by atoms with Crippen molar-refractivity contribution in [2.45, 2.75) is 18.9 Å². The first kappa shape index (κ1) is 11.9. The summed E-state index contributed by atoms with van der Waals surface area (Å²) in [4.78, 5) is 17.9. The minimum atomic E-state index is -0.548. The maximum atomic E-state index is 10.9. The van der Waals surface area contributed by atoms with Gasteiger partial charge < -0.3 is 11.1 Å². The number of hydrogen-bond donors (Lipinski definition) is 2. The van der Waals surface area contributed by atoms with Gasteiger partial charge >= 0.3 is 5.69 Å². The van der Waals surface area contributed by atoms with Crippen molar-refractivity contribution in [1.82, 2.24) is 9.97 Å². The lowest BCUT2D eigenvalue weighted by Crippen LogP contribution is -2.26. The van der Waals surface area contributed by atoms with Crippen LogP contribution < -0.4 is 11.1 Å². The molecule has 2 rings (SSSR count). The second-order valence-electron chi connectivity index (χ2n) is 3.77. The first-order valence-electron chi connectivity index (χ1n) is 5.27. The third kappa shape index (κ3) is 2.76. The van der Waals surface area contributed by atoms with E-state index in [1.165, 1.54) is 6.33 Å². The van der Waals surface area contributed by atoms with Gasteiger partial charge in [0.25, 0.3) is 0 Å². The molecule has 92 valence electrons. The van der Waals surface area contributed by atoms with Gasteiger partial charge in [-0.3, -0.25) is 10.1 Å². The summed E-state index contributed by atoms with van der Waals surface area (Å²) in [5, 5.41) is 14.0. The summed E-state index contributed by atoms with van der Waals surface area (Å²) in [6, 6.07) is 0.210. The lowest BCUT2D eigenvalue weighted by Gasteiger charge is -2.22. The molecule has 0 spiro atoms. The lowest BCUT2D eigenvalue weighted by atomic mass is 10.2. The van der Waals surface area contributed by atoms with E-state index < -0.39 is 4.92 Å². The van der Waals surface area contributed by atoms with Crippen LogP contribution >= 0.6 is 11.8 Å². The van der Waals surface area contributed by atoms with Gasteiger partial charge in [-0.05, 0) is 18.6 Å². The molecule has 0 radical (unpaired) electrons. The SMILES string of the molecule is Nc1ncnc(NC2CCCSC2)c1[N+](=O)[O-]. The minimum absolute atomic E-state index is 0.101. The number of nitrogens with one attached hydrogen (secondary N) is 1. The van der Waals surface area contributed by atoms with E-state index in [1.807, 2.05) is 11.8 Å². The van der Waals surface area contributed by atoms with Crippen LogP contribution in [0.25, 0.3) is 0 Å². The van der Waals surface area contributed by atoms with E-state index in [0.717, 1.165) is 24.3 Å². The highest BCUT2D eigenvalue weighted by Gasteiger charge is 2.23. The van der Waals surface area contributed by atoms with E-state index >= 15 is 0 Å². The van der Waals surface area contributed by atoms with E-state index in [1.54, 1.807) is 0 Å². The number of aromatic nitrogens is 2. The second-order valence-corrected chi connectivity index (χ2v) is 4.92. The van der Waals surface area contributed by atoms with Crippen LogP contribution in [-0.4, -0.2) is 32.4 Å². The summed E-state index contributed by atoms with van der Waals surface area (Å²) >= 11 is 1.83. The predicted octanol–water partition coefficient (Wildman–Crippen LogP) is 1.27. The summed E-state index contributed by atoms with van der Waals surface area (Å²) in [7, 11) is 0. The van der Waals surface area contributed by atoms with Crippen LogP contribution in [0.15, 0.2) is 6.33 Å². The molecule has 1 aromatic heterocycles. The third-order valence-corrected chi connectivity index (χ3v) is 3.75. The molecule has 1 aliphatic rings. The Morgan fingerprint density at radius 3 is 3.06 bits per heavy atom. The number of nitrogens with two attached hydrogens (primary N) is 1. The van der Waals surface area contributed by atoms with E-state index in [0.29, 0.717) is 0 Å². The summed E-state index contributed by atoms with van der Waals surface area (Å²) < 4.78 is 0. The Kier molecular flexibility index (Phi) is 3.62. The van der Waals surface area contributed by atoms with Crippen molar-refractivity contribution < 1.29 is 4.92 Å². The minimum Gasteiger partial charge on any atom is -0.378 e. The van der Waals surface area contributed by atoms with E-state index in [4.69, 9.17) is 5.73 Å². The fraction of sp³-hybridized carbons (Fsp3) is 0.556. The quantitative estimate of drug-likeness (QED) is 0.618. The second kappa shape index (κ2) is 5.17. The Labute approximate surface area is 102 Å². The number of nitrogen functional groups attached to an aromatic ring is 1. The molecule has 0 saturated carbocycles. The summed E-state index contributed by atoms with van der Waals surface area (Å²) in [6.45, 7) is 0. The lowest BCUT2D eigenvalue weighted by molar-refractivity contribution is -0.383. The molecule has 0 aromatic carbocycles. The molecule has 0 amide bonds. The van der Waals surface area contributed by atoms with E-state index in [2.05, 4.69) is 15.3 Å². The third-order valence-electron chi connectivity index (χ3n) is 2.53. The van der Waals surface area contributed by atoms with Gasteiger partial charge in [0.1, 0.15) is 6.33 Å². The average molecular weight is 255 g/mol. The number of hydrogen-bond acceptors (Lipinski definition) is 7. The first-order chi connectivity index (χ1) is 8.18. The fourth-order valence-corrected chi connectivity index (χ4v) is 2.80. The highest BCUT2D eigenvalue weighted by molar-refractivity contribution is 7.99. The van der Waals surface area contributed by atoms with Crippen molar-refractivity contribution in [3.05, 3.63) is 16.4 Å². The first-order valence-corrected chi connectivity index (χ1v) is 6.43. The molecule has 1 atom stereocenters. The van der Waals surface area contributed by atoms with Gasteiger partial charge in [-0.2, -0.15) is 11.8 Å². The average Bonchev–Trinajstić information content (AvgIpc) is 2.30. The van der Waals surface area contributed by atoms with Crippen LogP contribution in [0.4, 0.5) is 17.3 Å². The molecular formula is C9H13N5O2S. The van der Waals surface area contributed by atoms with Crippen LogP contribution in [-0.2, 0) is 0 Å². The molecule has 17 heavy (non-hydrogen) atoms. The number of nitro groups is 1. The molecule has 1 fully saturated rings. The van der Waals surface area contributed by atoms with Gasteiger partial charge in [-0.25, -0.2) is 9.97 Å². The van der Waals surface area contributed by atoms with Gasteiger partial charge in [0.2, 0.25) is 11.6 Å².